The molecule has 24 heavy (non-hydrogen) atoms. The van der Waals surface area contributed by atoms with Crippen molar-refractivity contribution in [2.45, 2.75) is 4.90 Å². The number of sulfonamides is 1. The number of hydrogen-bond donors (Lipinski definition) is 1. The van der Waals surface area contributed by atoms with E-state index in [1.54, 1.807) is 24.3 Å². The van der Waals surface area contributed by atoms with Crippen LogP contribution >= 0.6 is 27.7 Å². The molecule has 0 saturated carbocycles. The summed E-state index contributed by atoms with van der Waals surface area (Å²) < 4.78 is 41.8. The number of amides is 1. The maximum absolute atomic E-state index is 13.7. The van der Waals surface area contributed by atoms with E-state index in [2.05, 4.69) is 25.6 Å². The molecule has 2 aromatic carbocycles. The van der Waals surface area contributed by atoms with Crippen molar-refractivity contribution in [3.8, 4) is 0 Å². The molecule has 1 aliphatic rings. The highest BCUT2D eigenvalue weighted by molar-refractivity contribution is 9.10. The number of carbonyl (C=O) groups excluding carboxylic acids is 1. The van der Waals surface area contributed by atoms with Gasteiger partial charge in [0, 0.05) is 10.0 Å². The van der Waals surface area contributed by atoms with Crippen molar-refractivity contribution < 1.29 is 17.6 Å². The zero-order chi connectivity index (χ0) is 17.3. The van der Waals surface area contributed by atoms with Crippen LogP contribution in [0.5, 0.6) is 0 Å². The summed E-state index contributed by atoms with van der Waals surface area (Å²) in [5.74, 6) is -1.10. The van der Waals surface area contributed by atoms with Gasteiger partial charge in [0.1, 0.15) is 10.9 Å². The SMILES string of the molecule is O=C(CSC1=NS(=O)(=O)c2ccccc21)Nc1ccc(Br)cc1F. The van der Waals surface area contributed by atoms with Crippen molar-refractivity contribution in [2.75, 3.05) is 11.1 Å². The summed E-state index contributed by atoms with van der Waals surface area (Å²) >= 11 is 4.13. The first kappa shape index (κ1) is 17.1. The van der Waals surface area contributed by atoms with E-state index in [1.807, 2.05) is 0 Å². The molecule has 0 atom stereocenters. The third-order valence-electron chi connectivity index (χ3n) is 3.14. The van der Waals surface area contributed by atoms with Crippen molar-refractivity contribution >= 4 is 54.4 Å². The van der Waals surface area contributed by atoms with Crippen LogP contribution in [0.1, 0.15) is 5.56 Å². The van der Waals surface area contributed by atoms with Crippen molar-refractivity contribution in [1.29, 1.82) is 0 Å². The highest BCUT2D eigenvalue weighted by Gasteiger charge is 2.28. The zero-order valence-electron chi connectivity index (χ0n) is 12.0. The maximum atomic E-state index is 13.7. The molecule has 0 aromatic heterocycles. The Morgan fingerprint density at radius 3 is 2.75 bits per heavy atom. The molecule has 2 aromatic rings. The van der Waals surface area contributed by atoms with Gasteiger partial charge in [-0.3, -0.25) is 4.79 Å². The van der Waals surface area contributed by atoms with Gasteiger partial charge in [0.2, 0.25) is 5.91 Å². The topological polar surface area (TPSA) is 75.6 Å². The van der Waals surface area contributed by atoms with Crippen LogP contribution in [0.4, 0.5) is 10.1 Å². The number of benzene rings is 2. The van der Waals surface area contributed by atoms with E-state index in [4.69, 9.17) is 0 Å². The van der Waals surface area contributed by atoms with Crippen molar-refractivity contribution in [3.05, 3.63) is 58.3 Å². The van der Waals surface area contributed by atoms with Crippen LogP contribution in [0.15, 0.2) is 56.2 Å². The lowest BCUT2D eigenvalue weighted by molar-refractivity contribution is -0.113. The van der Waals surface area contributed by atoms with Gasteiger partial charge >= 0.3 is 0 Å². The fourth-order valence-electron chi connectivity index (χ4n) is 2.09. The molecule has 1 N–H and O–H groups in total. The second-order valence-electron chi connectivity index (χ2n) is 4.83. The van der Waals surface area contributed by atoms with Gasteiger partial charge in [-0.25, -0.2) is 4.39 Å². The molecule has 1 amide bonds. The highest BCUT2D eigenvalue weighted by Crippen LogP contribution is 2.30. The lowest BCUT2D eigenvalue weighted by atomic mass is 10.2. The quantitative estimate of drug-likeness (QED) is 0.812. The molecule has 0 spiro atoms. The highest BCUT2D eigenvalue weighted by atomic mass is 79.9. The summed E-state index contributed by atoms with van der Waals surface area (Å²) in [5, 5.41) is 2.71. The Labute approximate surface area is 150 Å². The zero-order valence-corrected chi connectivity index (χ0v) is 15.2. The number of carbonyl (C=O) groups is 1. The second-order valence-corrected chi connectivity index (χ2v) is 8.28. The number of halogens is 2. The van der Waals surface area contributed by atoms with E-state index >= 15 is 0 Å². The largest absolute Gasteiger partial charge is 0.323 e. The van der Waals surface area contributed by atoms with Gasteiger partial charge in [0.25, 0.3) is 10.0 Å². The fraction of sp³-hybridized carbons (Fsp3) is 0.0667. The number of thioether (sulfide) groups is 1. The molecule has 0 fully saturated rings. The number of hydrogen-bond acceptors (Lipinski definition) is 4. The van der Waals surface area contributed by atoms with Crippen molar-refractivity contribution in [3.63, 3.8) is 0 Å². The summed E-state index contributed by atoms with van der Waals surface area (Å²) in [4.78, 5) is 12.1. The molecule has 5 nitrogen and oxygen atoms in total. The maximum Gasteiger partial charge on any atom is 0.284 e. The lowest BCUT2D eigenvalue weighted by Gasteiger charge is -2.06. The van der Waals surface area contributed by atoms with Crippen LogP contribution in [-0.4, -0.2) is 25.1 Å². The molecule has 1 heterocycles. The smallest absolute Gasteiger partial charge is 0.284 e. The van der Waals surface area contributed by atoms with E-state index in [-0.39, 0.29) is 21.4 Å². The van der Waals surface area contributed by atoms with Gasteiger partial charge in [0.15, 0.2) is 0 Å². The molecule has 3 rings (SSSR count). The average Bonchev–Trinajstić information content (AvgIpc) is 2.80. The molecule has 0 bridgehead atoms. The molecule has 9 heteroatoms. The molecule has 124 valence electrons. The average molecular weight is 429 g/mol. The molecule has 1 aliphatic heterocycles. The van der Waals surface area contributed by atoms with Gasteiger partial charge in [-0.1, -0.05) is 45.9 Å². The summed E-state index contributed by atoms with van der Waals surface area (Å²) in [5.41, 5.74) is 0.537. The summed E-state index contributed by atoms with van der Waals surface area (Å²) in [6.45, 7) is 0. The first-order valence-electron chi connectivity index (χ1n) is 6.69. The van der Waals surface area contributed by atoms with Gasteiger partial charge in [-0.05, 0) is 24.3 Å². The van der Waals surface area contributed by atoms with E-state index in [1.165, 1.54) is 18.2 Å². The summed E-state index contributed by atoms with van der Waals surface area (Å²) in [6, 6.07) is 10.7. The van der Waals surface area contributed by atoms with Gasteiger partial charge < -0.3 is 5.32 Å². The monoisotopic (exact) mass is 428 g/mol. The van der Waals surface area contributed by atoms with E-state index < -0.39 is 21.7 Å². The number of rotatable bonds is 3. The van der Waals surface area contributed by atoms with Crippen LogP contribution in [-0.2, 0) is 14.8 Å². The molecule has 0 unspecified atom stereocenters. The molecule has 0 aliphatic carbocycles. The first-order chi connectivity index (χ1) is 11.4. The number of anilines is 1. The third-order valence-corrected chi connectivity index (χ3v) is 6.08. The van der Waals surface area contributed by atoms with E-state index in [0.717, 1.165) is 11.8 Å². The van der Waals surface area contributed by atoms with Crippen molar-refractivity contribution in [2.24, 2.45) is 4.40 Å². The molecular formula is C15H10BrFN2O3S2. The first-order valence-corrected chi connectivity index (χ1v) is 9.91. The van der Waals surface area contributed by atoms with Crippen LogP contribution in [0.3, 0.4) is 0 Å². The van der Waals surface area contributed by atoms with E-state index in [0.29, 0.717) is 10.0 Å². The number of fused-ring (bicyclic) bond motifs is 1. The van der Waals surface area contributed by atoms with Crippen LogP contribution in [0, 0.1) is 5.82 Å². The Balaban J connectivity index is 1.69. The van der Waals surface area contributed by atoms with Gasteiger partial charge in [-0.2, -0.15) is 12.8 Å². The Morgan fingerprint density at radius 2 is 2.00 bits per heavy atom. The predicted molar refractivity (Wildman–Crippen MR) is 95.4 cm³/mol. The van der Waals surface area contributed by atoms with Crippen LogP contribution in [0.2, 0.25) is 0 Å². The molecular weight excluding hydrogens is 419 g/mol. The number of nitrogens with one attached hydrogen (secondary N) is 1. The van der Waals surface area contributed by atoms with Gasteiger partial charge in [-0.15, -0.1) is 0 Å². The Hall–Kier alpha value is -1.71. The minimum absolute atomic E-state index is 0.0604. The van der Waals surface area contributed by atoms with Gasteiger partial charge in [0.05, 0.1) is 16.3 Å². The summed E-state index contributed by atoms with van der Waals surface area (Å²) in [7, 11) is -3.70. The molecule has 0 radical (unpaired) electrons. The van der Waals surface area contributed by atoms with Crippen molar-refractivity contribution in [1.82, 2.24) is 0 Å². The Kier molecular flexibility index (Phi) is 4.75. The van der Waals surface area contributed by atoms with Crippen LogP contribution in [0.25, 0.3) is 0 Å². The minimum atomic E-state index is -3.70. The number of nitrogens with zero attached hydrogens (tertiary/aromatic N) is 1. The third kappa shape index (κ3) is 3.52. The Morgan fingerprint density at radius 1 is 1.25 bits per heavy atom. The van der Waals surface area contributed by atoms with E-state index in [9.17, 15) is 17.6 Å². The predicted octanol–water partition coefficient (Wildman–Crippen LogP) is 3.41. The summed E-state index contributed by atoms with van der Waals surface area (Å²) in [6.07, 6.45) is 0. The minimum Gasteiger partial charge on any atom is -0.323 e. The normalized spacial score (nSPS) is 14.8. The second kappa shape index (κ2) is 6.66. The fourth-order valence-corrected chi connectivity index (χ4v) is 4.78. The Bertz CT molecular complexity index is 961. The standard InChI is InChI=1S/C15H10BrFN2O3S2/c16-9-5-6-12(11(17)7-9)18-14(20)8-23-15-10-3-1-2-4-13(10)24(21,22)19-15/h1-7H,8H2,(H,18,20). The lowest BCUT2D eigenvalue weighted by Crippen LogP contribution is -2.16. The van der Waals surface area contributed by atoms with Crippen LogP contribution < -0.4 is 5.32 Å². The molecule has 0 saturated heterocycles.